The highest BCUT2D eigenvalue weighted by Gasteiger charge is 1.69. The van der Waals surface area contributed by atoms with Crippen LogP contribution in [0.5, 0.6) is 0 Å². The third-order valence-corrected chi connectivity index (χ3v) is 0.512. The van der Waals surface area contributed by atoms with Crippen LogP contribution in [0, 0.1) is 0 Å². The zero-order chi connectivity index (χ0) is 6.83. The quantitative estimate of drug-likeness (QED) is 0.498. The van der Waals surface area contributed by atoms with Gasteiger partial charge in [0.25, 0.3) is 0 Å². The fourth-order valence-electron chi connectivity index (χ4n) is 0.158. The molecule has 3 nitrogen and oxygen atoms in total. The summed E-state index contributed by atoms with van der Waals surface area (Å²) in [6.07, 6.45) is 2.29. The Labute approximate surface area is 49.5 Å². The first kappa shape index (κ1) is 10.4. The van der Waals surface area contributed by atoms with Crippen LogP contribution in [0.15, 0.2) is 0 Å². The van der Waals surface area contributed by atoms with Gasteiger partial charge in [0.05, 0.1) is 0 Å². The Kier molecular flexibility index (Phi) is 21.0. The molecule has 0 atom stereocenters. The van der Waals surface area contributed by atoms with Crippen molar-refractivity contribution in [2.24, 2.45) is 5.73 Å². The van der Waals surface area contributed by atoms with Gasteiger partial charge >= 0.3 is 0 Å². The van der Waals surface area contributed by atoms with Crippen molar-refractivity contribution in [1.82, 2.24) is 0 Å². The molecule has 3 N–H and O–H groups in total. The summed E-state index contributed by atoms with van der Waals surface area (Å²) >= 11 is 0. The highest BCUT2D eigenvalue weighted by molar-refractivity contribution is 5.42. The van der Waals surface area contributed by atoms with Crippen LogP contribution in [0.2, 0.25) is 0 Å². The Morgan fingerprint density at radius 3 is 2.12 bits per heavy atom. The summed E-state index contributed by atoms with van der Waals surface area (Å²) in [7, 11) is 0. The van der Waals surface area contributed by atoms with Gasteiger partial charge in [0, 0.05) is 6.61 Å². The van der Waals surface area contributed by atoms with E-state index in [-0.39, 0.29) is 6.41 Å². The highest BCUT2D eigenvalue weighted by atomic mass is 16.2. The van der Waals surface area contributed by atoms with Crippen molar-refractivity contribution < 1.29 is 9.90 Å². The van der Waals surface area contributed by atoms with Gasteiger partial charge in [-0.3, -0.25) is 4.79 Å². The van der Waals surface area contributed by atoms with E-state index >= 15 is 0 Å². The second-order valence-corrected chi connectivity index (χ2v) is 1.21. The number of aliphatic hydroxyl groups excluding tert-OH is 1. The molecule has 1 amide bonds. The number of aliphatic hydroxyl groups is 1. The molecule has 0 aromatic carbocycles. The van der Waals surface area contributed by atoms with Gasteiger partial charge < -0.3 is 10.8 Å². The van der Waals surface area contributed by atoms with Crippen LogP contribution in [0.25, 0.3) is 0 Å². The normalized spacial score (nSPS) is 6.75. The fourth-order valence-corrected chi connectivity index (χ4v) is 0.158. The second kappa shape index (κ2) is 16.1. The molecule has 0 heterocycles. The van der Waals surface area contributed by atoms with E-state index in [0.29, 0.717) is 6.61 Å². The predicted molar refractivity (Wildman–Crippen MR) is 32.2 cm³/mol. The molecule has 0 aliphatic carbocycles. The smallest absolute Gasteiger partial charge is 0.204 e. The van der Waals surface area contributed by atoms with E-state index in [1.165, 1.54) is 0 Å². The molecule has 0 radical (unpaired) electrons. The summed E-state index contributed by atoms with van der Waals surface area (Å²) in [4.78, 5) is 8.58. The number of amides is 1. The number of primary amides is 1. The molecule has 0 saturated carbocycles. The molecule has 0 unspecified atom stereocenters. The molecular formula is C5H13NO2. The van der Waals surface area contributed by atoms with Crippen molar-refractivity contribution >= 4 is 6.41 Å². The first-order chi connectivity index (χ1) is 3.83. The summed E-state index contributed by atoms with van der Waals surface area (Å²) in [6, 6.07) is 0. The maximum atomic E-state index is 8.58. The Hall–Kier alpha value is -0.570. The fraction of sp³-hybridized carbons (Fsp3) is 0.800. The maximum absolute atomic E-state index is 8.58. The number of nitrogens with two attached hydrogens (primary N) is 1. The lowest BCUT2D eigenvalue weighted by Gasteiger charge is -1.79. The summed E-state index contributed by atoms with van der Waals surface area (Å²) in [5.74, 6) is 0. The zero-order valence-corrected chi connectivity index (χ0v) is 5.13. The molecule has 8 heavy (non-hydrogen) atoms. The molecule has 0 bridgehead atoms. The van der Waals surface area contributed by atoms with E-state index in [4.69, 9.17) is 9.90 Å². The molecule has 0 rings (SSSR count). The molecule has 0 spiro atoms. The van der Waals surface area contributed by atoms with E-state index in [2.05, 4.69) is 12.7 Å². The molecule has 0 aliphatic heterocycles. The average Bonchev–Trinajstić information content (AvgIpc) is 1.71. The third-order valence-electron chi connectivity index (χ3n) is 0.512. The highest BCUT2D eigenvalue weighted by Crippen LogP contribution is 1.78. The SMILES string of the molecule is CCCCO.NC=O. The van der Waals surface area contributed by atoms with Crippen LogP contribution in [0.3, 0.4) is 0 Å². The minimum absolute atomic E-state index is 0.250. The Morgan fingerprint density at radius 1 is 1.75 bits per heavy atom. The lowest BCUT2D eigenvalue weighted by atomic mass is 10.4. The zero-order valence-electron chi connectivity index (χ0n) is 5.13. The van der Waals surface area contributed by atoms with Crippen LogP contribution in [-0.4, -0.2) is 18.1 Å². The molecule has 0 saturated heterocycles. The first-order valence-electron chi connectivity index (χ1n) is 2.59. The first-order valence-corrected chi connectivity index (χ1v) is 2.59. The van der Waals surface area contributed by atoms with Crippen LogP contribution in [-0.2, 0) is 4.79 Å². The molecule has 50 valence electrons. The molecule has 0 aliphatic rings. The van der Waals surface area contributed by atoms with Crippen molar-refractivity contribution in [2.75, 3.05) is 6.61 Å². The van der Waals surface area contributed by atoms with Gasteiger partial charge in [-0.15, -0.1) is 0 Å². The van der Waals surface area contributed by atoms with E-state index in [1.807, 2.05) is 0 Å². The van der Waals surface area contributed by atoms with E-state index in [1.54, 1.807) is 0 Å². The van der Waals surface area contributed by atoms with Gasteiger partial charge in [-0.1, -0.05) is 13.3 Å². The molecule has 0 aromatic heterocycles. The number of hydrogen-bond donors (Lipinski definition) is 2. The third kappa shape index (κ3) is 52.1. The largest absolute Gasteiger partial charge is 0.396 e. The van der Waals surface area contributed by atoms with Gasteiger partial charge in [0.1, 0.15) is 0 Å². The number of hydrogen-bond acceptors (Lipinski definition) is 2. The van der Waals surface area contributed by atoms with Crippen LogP contribution >= 0.6 is 0 Å². The lowest BCUT2D eigenvalue weighted by molar-refractivity contribution is -0.106. The van der Waals surface area contributed by atoms with Crippen LogP contribution < -0.4 is 5.73 Å². The van der Waals surface area contributed by atoms with Crippen LogP contribution in [0.1, 0.15) is 19.8 Å². The van der Waals surface area contributed by atoms with E-state index in [9.17, 15) is 0 Å². The minimum Gasteiger partial charge on any atom is -0.396 e. The monoisotopic (exact) mass is 119 g/mol. The van der Waals surface area contributed by atoms with Gasteiger partial charge in [-0.2, -0.15) is 0 Å². The lowest BCUT2D eigenvalue weighted by Crippen LogP contribution is -1.82. The molecule has 0 fully saturated rings. The predicted octanol–water partition coefficient (Wildman–Crippen LogP) is -0.120. The summed E-state index contributed by atoms with van der Waals surface area (Å²) in [6.45, 7) is 2.40. The number of carbonyl (C=O) groups excluding carboxylic acids is 1. The molecule has 3 heteroatoms. The van der Waals surface area contributed by atoms with Crippen molar-refractivity contribution in [3.63, 3.8) is 0 Å². The van der Waals surface area contributed by atoms with Crippen LogP contribution in [0.4, 0.5) is 0 Å². The maximum Gasteiger partial charge on any atom is 0.204 e. The Bertz CT molecular complexity index is 37.4. The second-order valence-electron chi connectivity index (χ2n) is 1.21. The van der Waals surface area contributed by atoms with Crippen molar-refractivity contribution in [3.05, 3.63) is 0 Å². The van der Waals surface area contributed by atoms with Gasteiger partial charge in [-0.25, -0.2) is 0 Å². The summed E-state index contributed by atoms with van der Waals surface area (Å²) < 4.78 is 0. The number of carbonyl (C=O) groups is 1. The van der Waals surface area contributed by atoms with Gasteiger partial charge in [0.2, 0.25) is 6.41 Å². The number of rotatable bonds is 2. The Balaban J connectivity index is 0. The van der Waals surface area contributed by atoms with Gasteiger partial charge in [0.15, 0.2) is 0 Å². The van der Waals surface area contributed by atoms with Crippen molar-refractivity contribution in [1.29, 1.82) is 0 Å². The number of unbranched alkanes of at least 4 members (excludes halogenated alkanes) is 1. The van der Waals surface area contributed by atoms with Crippen molar-refractivity contribution in [3.8, 4) is 0 Å². The van der Waals surface area contributed by atoms with E-state index in [0.717, 1.165) is 12.8 Å². The van der Waals surface area contributed by atoms with E-state index < -0.39 is 0 Å². The Morgan fingerprint density at radius 2 is 2.12 bits per heavy atom. The standard InChI is InChI=1S/C4H10O.CH3NO/c1-2-3-4-5;2-1-3/h5H,2-4H2,1H3;1H,(H2,2,3). The van der Waals surface area contributed by atoms with Gasteiger partial charge in [-0.05, 0) is 6.42 Å². The molecule has 0 aromatic rings. The average molecular weight is 119 g/mol. The molecular weight excluding hydrogens is 106 g/mol. The topological polar surface area (TPSA) is 63.3 Å². The minimum atomic E-state index is 0.250. The summed E-state index contributed by atoms with van der Waals surface area (Å²) in [5.41, 5.74) is 4.17. The summed E-state index contributed by atoms with van der Waals surface area (Å²) in [5, 5.41) is 8.07. The van der Waals surface area contributed by atoms with Crippen molar-refractivity contribution in [2.45, 2.75) is 19.8 Å².